The number of halogens is 1. The van der Waals surface area contributed by atoms with E-state index in [0.29, 0.717) is 17.2 Å². The average Bonchev–Trinajstić information content (AvgIpc) is 3.48. The number of carbonyl (C=O) groups excluding carboxylic acids is 3. The van der Waals surface area contributed by atoms with E-state index in [1.165, 1.54) is 0 Å². The molecule has 37 heavy (non-hydrogen) atoms. The van der Waals surface area contributed by atoms with Crippen molar-refractivity contribution in [3.63, 3.8) is 0 Å². The smallest absolute Gasteiger partial charge is 0.312 e. The Labute approximate surface area is 221 Å². The third-order valence-electron chi connectivity index (χ3n) is 6.37. The Kier molecular flexibility index (Phi) is 6.10. The standard InChI is InChI=1S/C27H20ClN3O5S/c28-17-8-11-22-19(12-17)21-13-20(15-4-2-1-3-5-15)30-31(21)26(36-22)16-6-9-18(10-7-16)35-24(32)14-23-25(33)29-27(34)37-23/h1-12,21,23,26H,13-14H2,(H,29,33,34)/t21-,23+,26+/m1/s1. The first kappa shape index (κ1) is 23.6. The van der Waals surface area contributed by atoms with Gasteiger partial charge in [0.25, 0.3) is 5.24 Å². The summed E-state index contributed by atoms with van der Waals surface area (Å²) in [5.74, 6) is 0.0101. The molecular weight excluding hydrogens is 514 g/mol. The Morgan fingerprint density at radius 3 is 2.62 bits per heavy atom. The summed E-state index contributed by atoms with van der Waals surface area (Å²) >= 11 is 7.10. The molecule has 2 amide bonds. The van der Waals surface area contributed by atoms with E-state index >= 15 is 0 Å². The summed E-state index contributed by atoms with van der Waals surface area (Å²) in [6.07, 6.45) is 0.0261. The number of nitrogens with zero attached hydrogens (tertiary/aromatic N) is 2. The minimum absolute atomic E-state index is 0.0436. The molecule has 3 aromatic carbocycles. The number of benzene rings is 3. The number of thioether (sulfide) groups is 1. The second kappa shape index (κ2) is 9.57. The fraction of sp³-hybridized carbons (Fsp3) is 0.185. The lowest BCUT2D eigenvalue weighted by molar-refractivity contribution is -0.135. The molecular formula is C27H20ClN3O5S. The molecule has 3 atom stereocenters. The molecule has 0 radical (unpaired) electrons. The summed E-state index contributed by atoms with van der Waals surface area (Å²) in [5.41, 5.74) is 3.83. The van der Waals surface area contributed by atoms with Gasteiger partial charge in [0.05, 0.1) is 18.2 Å². The Bertz CT molecular complexity index is 1430. The lowest BCUT2D eigenvalue weighted by Crippen LogP contribution is -2.33. The van der Waals surface area contributed by atoms with Gasteiger partial charge in [-0.2, -0.15) is 5.10 Å². The van der Waals surface area contributed by atoms with Crippen LogP contribution in [-0.4, -0.2) is 33.1 Å². The highest BCUT2D eigenvalue weighted by Crippen LogP contribution is 2.48. The number of amides is 2. The Hall–Kier alpha value is -3.82. The number of rotatable bonds is 5. The zero-order chi connectivity index (χ0) is 25.5. The molecule has 1 N–H and O–H groups in total. The maximum atomic E-state index is 12.3. The Morgan fingerprint density at radius 2 is 1.89 bits per heavy atom. The number of esters is 1. The van der Waals surface area contributed by atoms with Gasteiger partial charge in [0.1, 0.15) is 16.7 Å². The van der Waals surface area contributed by atoms with Crippen molar-refractivity contribution in [2.45, 2.75) is 30.4 Å². The van der Waals surface area contributed by atoms with Crippen LogP contribution in [0, 0.1) is 0 Å². The van der Waals surface area contributed by atoms with Crippen molar-refractivity contribution in [1.29, 1.82) is 0 Å². The molecule has 0 aliphatic carbocycles. The van der Waals surface area contributed by atoms with Gasteiger partial charge in [-0.15, -0.1) is 0 Å². The van der Waals surface area contributed by atoms with E-state index in [2.05, 4.69) is 5.32 Å². The number of imide groups is 1. The first-order chi connectivity index (χ1) is 17.9. The largest absolute Gasteiger partial charge is 0.464 e. The highest BCUT2D eigenvalue weighted by atomic mass is 35.5. The van der Waals surface area contributed by atoms with Crippen LogP contribution in [0.2, 0.25) is 5.02 Å². The number of carbonyl (C=O) groups is 3. The molecule has 0 spiro atoms. The van der Waals surface area contributed by atoms with Crippen LogP contribution in [-0.2, 0) is 9.59 Å². The van der Waals surface area contributed by atoms with Gasteiger partial charge in [0.2, 0.25) is 12.1 Å². The van der Waals surface area contributed by atoms with E-state index in [4.69, 9.17) is 26.2 Å². The second-order valence-electron chi connectivity index (χ2n) is 8.80. The average molecular weight is 534 g/mol. The van der Waals surface area contributed by atoms with E-state index in [0.717, 1.165) is 39.9 Å². The first-order valence-corrected chi connectivity index (χ1v) is 12.9. The zero-order valence-electron chi connectivity index (χ0n) is 19.3. The highest BCUT2D eigenvalue weighted by Gasteiger charge is 2.41. The van der Waals surface area contributed by atoms with Crippen LogP contribution in [0.25, 0.3) is 0 Å². The molecule has 3 aliphatic rings. The lowest BCUT2D eigenvalue weighted by Gasteiger charge is -2.38. The third-order valence-corrected chi connectivity index (χ3v) is 7.59. The monoisotopic (exact) mass is 533 g/mol. The van der Waals surface area contributed by atoms with Gasteiger partial charge in [-0.05, 0) is 48.0 Å². The second-order valence-corrected chi connectivity index (χ2v) is 10.4. The van der Waals surface area contributed by atoms with E-state index in [1.54, 1.807) is 18.2 Å². The lowest BCUT2D eigenvalue weighted by atomic mass is 9.96. The molecule has 1 saturated heterocycles. The zero-order valence-corrected chi connectivity index (χ0v) is 20.9. The van der Waals surface area contributed by atoms with Crippen LogP contribution >= 0.6 is 23.4 Å². The normalized spacial score (nSPS) is 22.0. The number of ether oxygens (including phenoxy) is 2. The molecule has 0 bridgehead atoms. The van der Waals surface area contributed by atoms with E-state index in [-0.39, 0.29) is 12.5 Å². The van der Waals surface area contributed by atoms with Crippen LogP contribution in [0.15, 0.2) is 77.9 Å². The van der Waals surface area contributed by atoms with Crippen LogP contribution in [0.4, 0.5) is 4.79 Å². The van der Waals surface area contributed by atoms with Crippen molar-refractivity contribution in [3.8, 4) is 11.5 Å². The van der Waals surface area contributed by atoms with Gasteiger partial charge in [0, 0.05) is 22.6 Å². The van der Waals surface area contributed by atoms with Gasteiger partial charge in [-0.25, -0.2) is 5.01 Å². The minimum atomic E-state index is -0.771. The molecule has 1 fully saturated rings. The van der Waals surface area contributed by atoms with Crippen molar-refractivity contribution < 1.29 is 23.9 Å². The summed E-state index contributed by atoms with van der Waals surface area (Å²) in [5, 5.41) is 8.46. The Balaban J connectivity index is 1.23. The molecule has 10 heteroatoms. The maximum absolute atomic E-state index is 12.3. The molecule has 186 valence electrons. The van der Waals surface area contributed by atoms with E-state index < -0.39 is 28.6 Å². The molecule has 8 nitrogen and oxygen atoms in total. The molecule has 3 heterocycles. The van der Waals surface area contributed by atoms with Crippen molar-refractivity contribution in [2.24, 2.45) is 5.10 Å². The topological polar surface area (TPSA) is 97.3 Å². The first-order valence-electron chi connectivity index (χ1n) is 11.6. The molecule has 6 rings (SSSR count). The summed E-state index contributed by atoms with van der Waals surface area (Å²) < 4.78 is 11.8. The molecule has 3 aliphatic heterocycles. The number of hydrogen-bond acceptors (Lipinski definition) is 8. The summed E-state index contributed by atoms with van der Waals surface area (Å²) in [6, 6.07) is 22.6. The van der Waals surface area contributed by atoms with Gasteiger partial charge in [0.15, 0.2) is 0 Å². The molecule has 0 unspecified atom stereocenters. The van der Waals surface area contributed by atoms with Crippen LogP contribution in [0.3, 0.4) is 0 Å². The number of hydrogen-bond donors (Lipinski definition) is 1. The van der Waals surface area contributed by atoms with Gasteiger partial charge in [-0.1, -0.05) is 53.7 Å². The number of nitrogens with one attached hydrogen (secondary N) is 1. The molecule has 3 aromatic rings. The van der Waals surface area contributed by atoms with Crippen molar-refractivity contribution >= 4 is 46.2 Å². The highest BCUT2D eigenvalue weighted by molar-refractivity contribution is 8.15. The fourth-order valence-corrected chi connectivity index (χ4v) is 5.62. The summed E-state index contributed by atoms with van der Waals surface area (Å²) in [6.45, 7) is 0. The summed E-state index contributed by atoms with van der Waals surface area (Å²) in [7, 11) is 0. The van der Waals surface area contributed by atoms with Crippen LogP contribution in [0.5, 0.6) is 11.5 Å². The third kappa shape index (κ3) is 4.68. The van der Waals surface area contributed by atoms with Gasteiger partial charge >= 0.3 is 5.97 Å². The van der Waals surface area contributed by atoms with E-state index in [9.17, 15) is 14.4 Å². The van der Waals surface area contributed by atoms with Crippen molar-refractivity contribution in [1.82, 2.24) is 10.3 Å². The fourth-order valence-electron chi connectivity index (χ4n) is 4.64. The van der Waals surface area contributed by atoms with Gasteiger partial charge in [-0.3, -0.25) is 19.7 Å². The SMILES string of the molecule is O=C(C[C@@H]1SC(=O)NC1=O)Oc1ccc([C@@H]2Oc3ccc(Cl)cc3[C@H]3CC(c4ccccc4)=NN32)cc1. The quantitative estimate of drug-likeness (QED) is 0.354. The predicted molar refractivity (Wildman–Crippen MR) is 139 cm³/mol. The predicted octanol–water partition coefficient (Wildman–Crippen LogP) is 5.23. The van der Waals surface area contributed by atoms with Crippen LogP contribution < -0.4 is 14.8 Å². The van der Waals surface area contributed by atoms with E-state index in [1.807, 2.05) is 59.6 Å². The minimum Gasteiger partial charge on any atom is -0.464 e. The number of hydrazone groups is 1. The van der Waals surface area contributed by atoms with Crippen molar-refractivity contribution in [3.05, 3.63) is 94.5 Å². The maximum Gasteiger partial charge on any atom is 0.312 e. The Morgan fingerprint density at radius 1 is 1.11 bits per heavy atom. The molecule has 0 saturated carbocycles. The van der Waals surface area contributed by atoms with Crippen LogP contribution in [0.1, 0.15) is 41.8 Å². The number of fused-ring (bicyclic) bond motifs is 3. The summed E-state index contributed by atoms with van der Waals surface area (Å²) in [4.78, 5) is 35.3. The molecule has 0 aromatic heterocycles. The van der Waals surface area contributed by atoms with Gasteiger partial charge < -0.3 is 9.47 Å². The van der Waals surface area contributed by atoms with Crippen molar-refractivity contribution in [2.75, 3.05) is 0 Å².